The molecule has 0 radical (unpaired) electrons. The Morgan fingerprint density at radius 1 is 0.974 bits per heavy atom. The zero-order chi connectivity index (χ0) is 26.1. The molecule has 2 aliphatic heterocycles. The fraction of sp³-hybridized carbons (Fsp3) is 0.613. The van der Waals surface area contributed by atoms with Crippen LogP contribution in [0.5, 0.6) is 5.75 Å². The van der Waals surface area contributed by atoms with E-state index in [1.54, 1.807) is 23.5 Å². The number of β-amino-alcohol motifs (C(OH)–C–C–N with tert-alkyl or cyclic N) is 1. The fourth-order valence-electron chi connectivity index (χ4n) is 9.04. The number of aliphatic hydroxyl groups is 1. The molecule has 7 heteroatoms. The lowest BCUT2D eigenvalue weighted by atomic mass is 9.48. The van der Waals surface area contributed by atoms with Crippen LogP contribution in [0.3, 0.4) is 0 Å². The lowest BCUT2D eigenvalue weighted by Gasteiger charge is -2.59. The molecule has 1 saturated heterocycles. The van der Waals surface area contributed by atoms with E-state index in [0.717, 1.165) is 61.4 Å². The normalized spacial score (nSPS) is 32.6. The summed E-state index contributed by atoms with van der Waals surface area (Å²) in [5.41, 5.74) is 2.56. The summed E-state index contributed by atoms with van der Waals surface area (Å²) in [6.07, 6.45) is 9.55. The number of hydrogen-bond acceptors (Lipinski definition) is 5. The van der Waals surface area contributed by atoms with Gasteiger partial charge in [-0.05, 0) is 112 Å². The second-order valence-electron chi connectivity index (χ2n) is 13.0. The van der Waals surface area contributed by atoms with Crippen molar-refractivity contribution in [3.8, 4) is 16.9 Å². The molecule has 4 bridgehead atoms. The first-order valence-electron chi connectivity index (χ1n) is 14.6. The molecule has 5 fully saturated rings. The van der Waals surface area contributed by atoms with Gasteiger partial charge < -0.3 is 14.7 Å². The Labute approximate surface area is 227 Å². The average Bonchev–Trinajstić information content (AvgIpc) is 2.91. The Morgan fingerprint density at radius 3 is 2.29 bits per heavy atom. The van der Waals surface area contributed by atoms with Crippen molar-refractivity contribution in [2.75, 3.05) is 37.6 Å². The minimum absolute atomic E-state index is 0.156. The van der Waals surface area contributed by atoms with Crippen LogP contribution in [-0.2, 0) is 10.0 Å². The van der Waals surface area contributed by atoms with E-state index in [2.05, 4.69) is 4.90 Å². The number of ether oxygens (including phenoxy) is 1. The number of sulfonamides is 1. The molecular weight excluding hydrogens is 496 g/mol. The Balaban J connectivity index is 1.05. The monoisotopic (exact) mass is 536 g/mol. The molecule has 204 valence electrons. The summed E-state index contributed by atoms with van der Waals surface area (Å²) in [6, 6.07) is 13.0. The van der Waals surface area contributed by atoms with Gasteiger partial charge in [-0.3, -0.25) is 4.31 Å². The average molecular weight is 537 g/mol. The van der Waals surface area contributed by atoms with Gasteiger partial charge in [-0.25, -0.2) is 8.42 Å². The van der Waals surface area contributed by atoms with Gasteiger partial charge in [0.15, 0.2) is 0 Å². The highest BCUT2D eigenvalue weighted by Crippen LogP contribution is 2.61. The van der Waals surface area contributed by atoms with E-state index >= 15 is 0 Å². The second kappa shape index (κ2) is 9.24. The molecule has 1 N–H and O–H groups in total. The highest BCUT2D eigenvalue weighted by Gasteiger charge is 2.54. The summed E-state index contributed by atoms with van der Waals surface area (Å²) >= 11 is 0. The topological polar surface area (TPSA) is 70.1 Å². The number of nitrogens with zero attached hydrogens (tertiary/aromatic N) is 2. The zero-order valence-corrected chi connectivity index (χ0v) is 23.2. The third-order valence-electron chi connectivity index (χ3n) is 10.6. The molecule has 2 aromatic carbocycles. The summed E-state index contributed by atoms with van der Waals surface area (Å²) in [5.74, 6) is 3.48. The molecule has 1 atom stereocenters. The van der Waals surface area contributed by atoms with E-state index < -0.39 is 10.0 Å². The smallest absolute Gasteiger partial charge is 0.264 e. The van der Waals surface area contributed by atoms with Gasteiger partial charge in [0.05, 0.1) is 23.8 Å². The number of piperidine rings is 1. The first kappa shape index (κ1) is 24.9. The third kappa shape index (κ3) is 4.08. The molecule has 8 rings (SSSR count). The first-order chi connectivity index (χ1) is 18.3. The van der Waals surface area contributed by atoms with E-state index in [-0.39, 0.29) is 17.4 Å². The number of aliphatic hydroxyl groups excluding tert-OH is 1. The molecule has 0 amide bonds. The maximum Gasteiger partial charge on any atom is 0.264 e. The predicted molar refractivity (Wildman–Crippen MR) is 149 cm³/mol. The van der Waals surface area contributed by atoms with E-state index in [1.165, 1.54) is 38.5 Å². The van der Waals surface area contributed by atoms with Crippen LogP contribution in [0.1, 0.15) is 51.4 Å². The highest BCUT2D eigenvalue weighted by atomic mass is 32.2. The molecular formula is C31H40N2O4S. The minimum Gasteiger partial charge on any atom is -0.497 e. The van der Waals surface area contributed by atoms with Crippen molar-refractivity contribution in [3.05, 3.63) is 42.5 Å². The van der Waals surface area contributed by atoms with E-state index in [0.29, 0.717) is 22.9 Å². The quantitative estimate of drug-likeness (QED) is 0.552. The summed E-state index contributed by atoms with van der Waals surface area (Å²) in [4.78, 5) is 2.82. The molecule has 0 aromatic heterocycles. The summed E-state index contributed by atoms with van der Waals surface area (Å²) in [7, 11) is -2.04. The van der Waals surface area contributed by atoms with Crippen LogP contribution in [0, 0.1) is 29.1 Å². The first-order valence-corrected chi connectivity index (χ1v) is 16.0. The van der Waals surface area contributed by atoms with Crippen molar-refractivity contribution in [2.24, 2.45) is 29.1 Å². The van der Waals surface area contributed by atoms with Gasteiger partial charge in [0.25, 0.3) is 10.0 Å². The van der Waals surface area contributed by atoms with Crippen LogP contribution in [0.4, 0.5) is 5.69 Å². The van der Waals surface area contributed by atoms with Crippen LogP contribution >= 0.6 is 0 Å². The van der Waals surface area contributed by atoms with Gasteiger partial charge in [-0.15, -0.1) is 0 Å². The van der Waals surface area contributed by atoms with Crippen molar-refractivity contribution in [2.45, 2.75) is 62.4 Å². The Kier molecular flexibility index (Phi) is 6.06. The van der Waals surface area contributed by atoms with E-state index in [1.807, 2.05) is 30.3 Å². The molecule has 4 aliphatic carbocycles. The standard InChI is InChI=1S/C31H40N2O4S/c1-37-25-6-7-26-27-4-2-3-5-29(27)38(35,36)33(28(26)15-25)19-21-8-10-32(11-9-21)20-30(34)31-16-22-12-23(17-31)14-24(13-22)18-31/h2-7,15,21-24,30,34H,8-14,16-20H2,1H3. The van der Waals surface area contributed by atoms with Gasteiger partial charge in [0.2, 0.25) is 0 Å². The lowest BCUT2D eigenvalue weighted by Crippen LogP contribution is -2.55. The zero-order valence-electron chi connectivity index (χ0n) is 22.4. The predicted octanol–water partition coefficient (Wildman–Crippen LogP) is 5.16. The summed E-state index contributed by atoms with van der Waals surface area (Å²) in [5, 5.41) is 11.5. The van der Waals surface area contributed by atoms with Gasteiger partial charge in [0.1, 0.15) is 5.75 Å². The van der Waals surface area contributed by atoms with Gasteiger partial charge in [0, 0.05) is 30.3 Å². The minimum atomic E-state index is -3.65. The van der Waals surface area contributed by atoms with Crippen LogP contribution in [-0.4, -0.2) is 57.8 Å². The number of rotatable bonds is 6. The van der Waals surface area contributed by atoms with Crippen molar-refractivity contribution >= 4 is 15.7 Å². The van der Waals surface area contributed by atoms with Crippen LogP contribution in [0.2, 0.25) is 0 Å². The molecule has 1 unspecified atom stereocenters. The van der Waals surface area contributed by atoms with Crippen molar-refractivity contribution in [1.82, 2.24) is 4.90 Å². The largest absolute Gasteiger partial charge is 0.497 e. The van der Waals surface area contributed by atoms with E-state index in [9.17, 15) is 13.5 Å². The Bertz CT molecular complexity index is 1280. The molecule has 4 saturated carbocycles. The number of anilines is 1. The highest BCUT2D eigenvalue weighted by molar-refractivity contribution is 7.93. The molecule has 6 aliphatic rings. The maximum atomic E-state index is 13.8. The van der Waals surface area contributed by atoms with Crippen molar-refractivity contribution in [1.29, 1.82) is 0 Å². The molecule has 2 aromatic rings. The molecule has 0 spiro atoms. The number of likely N-dealkylation sites (tertiary alicyclic amines) is 1. The number of fused-ring (bicyclic) bond motifs is 3. The van der Waals surface area contributed by atoms with Crippen LogP contribution < -0.4 is 9.04 Å². The van der Waals surface area contributed by atoms with Crippen LogP contribution in [0.15, 0.2) is 47.4 Å². The number of benzene rings is 2. The van der Waals surface area contributed by atoms with Gasteiger partial charge in [-0.2, -0.15) is 0 Å². The SMILES string of the molecule is COc1ccc2c(c1)N(CC1CCN(CC(O)C34CC5CC(CC(C5)C3)C4)CC1)S(=O)(=O)c1ccccc1-2. The Morgan fingerprint density at radius 2 is 1.63 bits per heavy atom. The summed E-state index contributed by atoms with van der Waals surface area (Å²) < 4.78 is 34.7. The van der Waals surface area contributed by atoms with Gasteiger partial charge >= 0.3 is 0 Å². The molecule has 6 nitrogen and oxygen atoms in total. The summed E-state index contributed by atoms with van der Waals surface area (Å²) in [6.45, 7) is 3.09. The third-order valence-corrected chi connectivity index (χ3v) is 12.4. The second-order valence-corrected chi connectivity index (χ2v) is 14.8. The lowest BCUT2D eigenvalue weighted by molar-refractivity contribution is -0.127. The van der Waals surface area contributed by atoms with Crippen molar-refractivity contribution in [3.63, 3.8) is 0 Å². The Hall–Kier alpha value is -2.09. The van der Waals surface area contributed by atoms with E-state index in [4.69, 9.17) is 4.74 Å². The maximum absolute atomic E-state index is 13.8. The fourth-order valence-corrected chi connectivity index (χ4v) is 10.8. The van der Waals surface area contributed by atoms with Gasteiger partial charge in [-0.1, -0.05) is 18.2 Å². The molecule has 38 heavy (non-hydrogen) atoms. The molecule has 2 heterocycles. The number of methoxy groups -OCH3 is 1. The van der Waals surface area contributed by atoms with Crippen LogP contribution in [0.25, 0.3) is 11.1 Å². The van der Waals surface area contributed by atoms with Crippen molar-refractivity contribution < 1.29 is 18.3 Å². The number of hydrogen-bond donors (Lipinski definition) is 1.